The number of thioether (sulfide) groups is 1. The fraction of sp³-hybridized carbons (Fsp3) is 0.364. The first-order valence-electron chi connectivity index (χ1n) is 10.5. The lowest BCUT2D eigenvalue weighted by Crippen LogP contribution is -2.38. The van der Waals surface area contributed by atoms with Gasteiger partial charge in [0.15, 0.2) is 0 Å². The summed E-state index contributed by atoms with van der Waals surface area (Å²) in [5, 5.41) is 9.11. The van der Waals surface area contributed by atoms with Crippen molar-refractivity contribution in [1.29, 1.82) is 0 Å². The molecule has 3 heterocycles. The first-order valence-corrected chi connectivity index (χ1v) is 13.9. The number of carbonyl (C=O) groups is 1. The molecule has 1 N–H and O–H groups in total. The number of hydrogen-bond acceptors (Lipinski definition) is 6. The summed E-state index contributed by atoms with van der Waals surface area (Å²) in [6.07, 6.45) is 1.49. The van der Waals surface area contributed by atoms with Crippen molar-refractivity contribution in [3.8, 4) is 11.3 Å². The summed E-state index contributed by atoms with van der Waals surface area (Å²) in [4.78, 5) is 15.0. The number of sulfonamides is 1. The smallest absolute Gasteiger partial charge is 0.265 e. The van der Waals surface area contributed by atoms with Gasteiger partial charge in [0, 0.05) is 49.4 Å². The van der Waals surface area contributed by atoms with Gasteiger partial charge in [-0.2, -0.15) is 21.2 Å². The van der Waals surface area contributed by atoms with E-state index < -0.39 is 10.0 Å². The second-order valence-electron chi connectivity index (χ2n) is 7.61. The van der Waals surface area contributed by atoms with E-state index in [-0.39, 0.29) is 10.8 Å². The standard InChI is InChI=1S/C22H26N4O3S3/c1-25(10-5-8-18-16-19(24-23-18)17-6-3-2-4-7-17)22(27)21-20(9-13-31-21)32(28,29)26-11-14-30-15-12-26/h2-4,6-7,9,13,16H,5,8,10-12,14-15H2,1H3,(H,23,24). The Balaban J connectivity index is 1.36. The van der Waals surface area contributed by atoms with Crippen LogP contribution in [-0.2, 0) is 16.4 Å². The van der Waals surface area contributed by atoms with Crippen molar-refractivity contribution in [3.63, 3.8) is 0 Å². The predicted octanol–water partition coefficient (Wildman–Crippen LogP) is 3.58. The average molecular weight is 491 g/mol. The maximum atomic E-state index is 13.1. The number of thiophene rings is 1. The van der Waals surface area contributed by atoms with Crippen LogP contribution in [0, 0.1) is 0 Å². The van der Waals surface area contributed by atoms with E-state index in [0.29, 0.717) is 24.5 Å². The van der Waals surface area contributed by atoms with Crippen LogP contribution in [0.4, 0.5) is 0 Å². The van der Waals surface area contributed by atoms with Gasteiger partial charge in [-0.25, -0.2) is 8.42 Å². The van der Waals surface area contributed by atoms with Crippen LogP contribution in [0.15, 0.2) is 52.7 Å². The highest BCUT2D eigenvalue weighted by Gasteiger charge is 2.31. The number of nitrogens with zero attached hydrogens (tertiary/aromatic N) is 3. The normalized spacial score (nSPS) is 15.0. The Labute approximate surface area is 196 Å². The molecule has 1 saturated heterocycles. The number of amides is 1. The lowest BCUT2D eigenvalue weighted by Gasteiger charge is -2.26. The molecule has 0 aliphatic carbocycles. The van der Waals surface area contributed by atoms with Crippen molar-refractivity contribution in [2.24, 2.45) is 0 Å². The summed E-state index contributed by atoms with van der Waals surface area (Å²) < 4.78 is 27.6. The highest BCUT2D eigenvalue weighted by atomic mass is 32.2. The summed E-state index contributed by atoms with van der Waals surface area (Å²) in [6.45, 7) is 1.50. The molecule has 10 heteroatoms. The predicted molar refractivity (Wildman–Crippen MR) is 130 cm³/mol. The summed E-state index contributed by atoms with van der Waals surface area (Å²) in [6, 6.07) is 13.5. The van der Waals surface area contributed by atoms with E-state index in [9.17, 15) is 13.2 Å². The number of aromatic nitrogens is 2. The molecule has 1 fully saturated rings. The first kappa shape index (κ1) is 23.0. The number of nitrogens with one attached hydrogen (secondary N) is 1. The third-order valence-electron chi connectivity index (χ3n) is 5.40. The number of aryl methyl sites for hydroxylation is 1. The van der Waals surface area contributed by atoms with Gasteiger partial charge in [0.05, 0.1) is 5.69 Å². The molecule has 2 aromatic heterocycles. The lowest BCUT2D eigenvalue weighted by atomic mass is 10.1. The monoisotopic (exact) mass is 490 g/mol. The molecule has 1 amide bonds. The molecule has 1 aliphatic heterocycles. The van der Waals surface area contributed by atoms with Crippen LogP contribution in [0.3, 0.4) is 0 Å². The van der Waals surface area contributed by atoms with E-state index in [2.05, 4.69) is 10.2 Å². The van der Waals surface area contributed by atoms with Crippen molar-refractivity contribution in [2.75, 3.05) is 38.2 Å². The molecule has 1 aliphatic rings. The zero-order chi connectivity index (χ0) is 22.6. The van der Waals surface area contributed by atoms with Crippen LogP contribution in [0.2, 0.25) is 0 Å². The van der Waals surface area contributed by atoms with Crippen LogP contribution in [-0.4, -0.2) is 71.9 Å². The van der Waals surface area contributed by atoms with Crippen LogP contribution >= 0.6 is 23.1 Å². The Bertz CT molecular complexity index is 1150. The van der Waals surface area contributed by atoms with Gasteiger partial charge in [0.25, 0.3) is 5.91 Å². The lowest BCUT2D eigenvalue weighted by molar-refractivity contribution is 0.0794. The van der Waals surface area contributed by atoms with E-state index in [1.807, 2.05) is 36.4 Å². The Morgan fingerprint density at radius 2 is 1.94 bits per heavy atom. The fourth-order valence-corrected chi connectivity index (χ4v) is 7.58. The molecule has 0 bridgehead atoms. The molecule has 0 unspecified atom stereocenters. The Morgan fingerprint density at radius 1 is 1.19 bits per heavy atom. The largest absolute Gasteiger partial charge is 0.341 e. The summed E-state index contributed by atoms with van der Waals surface area (Å²) in [5.41, 5.74) is 2.96. The van der Waals surface area contributed by atoms with E-state index in [0.717, 1.165) is 41.3 Å². The van der Waals surface area contributed by atoms with Crippen LogP contribution in [0.1, 0.15) is 21.8 Å². The van der Waals surface area contributed by atoms with Gasteiger partial charge >= 0.3 is 0 Å². The van der Waals surface area contributed by atoms with Gasteiger partial charge in [0.1, 0.15) is 9.77 Å². The molecule has 0 spiro atoms. The average Bonchev–Trinajstić information content (AvgIpc) is 3.50. The van der Waals surface area contributed by atoms with Gasteiger partial charge in [-0.05, 0) is 30.4 Å². The fourth-order valence-electron chi connectivity index (χ4n) is 3.61. The minimum Gasteiger partial charge on any atom is -0.341 e. The molecule has 3 aromatic rings. The maximum absolute atomic E-state index is 13.1. The molecule has 7 nitrogen and oxygen atoms in total. The first-order chi connectivity index (χ1) is 15.5. The molecular formula is C22H26N4O3S3. The third kappa shape index (κ3) is 5.09. The van der Waals surface area contributed by atoms with Crippen molar-refractivity contribution in [1.82, 2.24) is 19.4 Å². The van der Waals surface area contributed by atoms with Crippen molar-refractivity contribution < 1.29 is 13.2 Å². The molecule has 170 valence electrons. The molecule has 0 radical (unpaired) electrons. The van der Waals surface area contributed by atoms with E-state index in [1.54, 1.807) is 35.2 Å². The number of hydrogen-bond donors (Lipinski definition) is 1. The van der Waals surface area contributed by atoms with Crippen molar-refractivity contribution >= 4 is 39.0 Å². The minimum absolute atomic E-state index is 0.132. The molecule has 0 atom stereocenters. The SMILES string of the molecule is CN(CCCc1cc(-c2ccccc2)n[nH]1)C(=O)c1sccc1S(=O)(=O)N1CCSCC1. The van der Waals surface area contributed by atoms with Crippen molar-refractivity contribution in [3.05, 3.63) is 58.4 Å². The second kappa shape index (κ2) is 10.2. The van der Waals surface area contributed by atoms with E-state index >= 15 is 0 Å². The van der Waals surface area contributed by atoms with Gasteiger partial charge < -0.3 is 4.90 Å². The van der Waals surface area contributed by atoms with Gasteiger partial charge in [0.2, 0.25) is 10.0 Å². The second-order valence-corrected chi connectivity index (χ2v) is 11.7. The van der Waals surface area contributed by atoms with Gasteiger partial charge in [-0.3, -0.25) is 9.89 Å². The molecule has 32 heavy (non-hydrogen) atoms. The zero-order valence-corrected chi connectivity index (χ0v) is 20.3. The number of aromatic amines is 1. The summed E-state index contributed by atoms with van der Waals surface area (Å²) in [7, 11) is -1.92. The number of rotatable bonds is 8. The molecular weight excluding hydrogens is 464 g/mol. The Hall–Kier alpha value is -2.14. The number of carbonyl (C=O) groups excluding carboxylic acids is 1. The van der Waals surface area contributed by atoms with Gasteiger partial charge in [-0.1, -0.05) is 30.3 Å². The van der Waals surface area contributed by atoms with Crippen molar-refractivity contribution in [2.45, 2.75) is 17.7 Å². The van der Waals surface area contributed by atoms with E-state index in [1.165, 1.54) is 15.6 Å². The molecule has 4 rings (SSSR count). The highest BCUT2D eigenvalue weighted by Crippen LogP contribution is 2.28. The summed E-state index contributed by atoms with van der Waals surface area (Å²) in [5.74, 6) is 1.32. The Morgan fingerprint density at radius 3 is 2.69 bits per heavy atom. The van der Waals surface area contributed by atoms with Crippen LogP contribution < -0.4 is 0 Å². The maximum Gasteiger partial charge on any atom is 0.265 e. The zero-order valence-electron chi connectivity index (χ0n) is 17.9. The summed E-state index contributed by atoms with van der Waals surface area (Å²) >= 11 is 2.94. The molecule has 1 aromatic carbocycles. The van der Waals surface area contributed by atoms with Gasteiger partial charge in [-0.15, -0.1) is 11.3 Å². The van der Waals surface area contributed by atoms with Crippen LogP contribution in [0.5, 0.6) is 0 Å². The quantitative estimate of drug-likeness (QED) is 0.522. The minimum atomic E-state index is -3.65. The third-order valence-corrected chi connectivity index (χ3v) is 9.31. The molecule has 0 saturated carbocycles. The van der Waals surface area contributed by atoms with E-state index in [4.69, 9.17) is 0 Å². The Kier molecular flexibility index (Phi) is 7.34. The number of benzene rings is 1. The highest BCUT2D eigenvalue weighted by molar-refractivity contribution is 7.99. The topological polar surface area (TPSA) is 86.4 Å². The van der Waals surface area contributed by atoms with Crippen LogP contribution in [0.25, 0.3) is 11.3 Å². The number of H-pyrrole nitrogens is 1.